The Labute approximate surface area is 215 Å². The van der Waals surface area contributed by atoms with Crippen LogP contribution in [-0.4, -0.2) is 13.0 Å². The average molecular weight is 471 g/mol. The van der Waals surface area contributed by atoms with E-state index in [9.17, 15) is 13.5 Å². The number of ether oxygens (including phenoxy) is 1. The summed E-state index contributed by atoms with van der Waals surface area (Å²) in [6.45, 7) is 2.24. The maximum atomic E-state index is 12.1. The molecule has 5 nitrogen and oxygen atoms in total. The van der Waals surface area contributed by atoms with Crippen LogP contribution in [0.1, 0.15) is 83.1 Å². The molecule has 7 heteroatoms. The molecule has 0 unspecified atom stereocenters. The molecule has 0 spiro atoms. The van der Waals surface area contributed by atoms with Gasteiger partial charge < -0.3 is 9.84 Å². The van der Waals surface area contributed by atoms with Crippen molar-refractivity contribution >= 4 is 10.1 Å². The predicted octanol–water partition coefficient (Wildman–Crippen LogP) is 3.66. The van der Waals surface area contributed by atoms with Crippen LogP contribution in [0.25, 0.3) is 0 Å². The molecule has 32 heavy (non-hydrogen) atoms. The van der Waals surface area contributed by atoms with Crippen LogP contribution in [0.2, 0.25) is 0 Å². The zero-order chi connectivity index (χ0) is 22.5. The Bertz CT molecular complexity index is 882. The average Bonchev–Trinajstić information content (AvgIpc) is 2.74. The molecular weight excluding hydrogens is 435 g/mol. The molecule has 0 radical (unpaired) electrons. The quantitative estimate of drug-likeness (QED) is 0.244. The van der Waals surface area contributed by atoms with E-state index in [-0.39, 0.29) is 40.2 Å². The molecule has 0 aliphatic carbocycles. The van der Waals surface area contributed by atoms with Gasteiger partial charge in [-0.3, -0.25) is 4.55 Å². The van der Waals surface area contributed by atoms with Crippen LogP contribution in [0.5, 0.6) is 17.2 Å². The van der Waals surface area contributed by atoms with Crippen LogP contribution in [0.15, 0.2) is 47.4 Å². The van der Waals surface area contributed by atoms with E-state index < -0.39 is 10.1 Å². The molecule has 2 rings (SSSR count). The second-order valence-electron chi connectivity index (χ2n) is 8.10. The molecule has 2 aromatic carbocycles. The van der Waals surface area contributed by atoms with Gasteiger partial charge in [0.1, 0.15) is 11.5 Å². The molecule has 0 bridgehead atoms. The first-order chi connectivity index (χ1) is 14.9. The van der Waals surface area contributed by atoms with Crippen molar-refractivity contribution < 1.29 is 52.4 Å². The second-order valence-corrected chi connectivity index (χ2v) is 9.53. The van der Waals surface area contributed by atoms with Crippen molar-refractivity contribution in [1.29, 1.82) is 0 Å². The summed E-state index contributed by atoms with van der Waals surface area (Å²) in [5, 5.41) is 12.1. The number of aryl methyl sites for hydroxylation is 1. The summed E-state index contributed by atoms with van der Waals surface area (Å²) in [6.07, 6.45) is 14.7. The fourth-order valence-corrected chi connectivity index (χ4v) is 4.09. The number of hydrogen-bond acceptors (Lipinski definition) is 4. The molecule has 2 aromatic rings. The summed E-state index contributed by atoms with van der Waals surface area (Å²) < 4.78 is 37.0. The summed E-state index contributed by atoms with van der Waals surface area (Å²) in [6, 6.07) is 10.4. The monoisotopic (exact) mass is 470 g/mol. The fraction of sp³-hybridized carbons (Fsp3) is 0.520. The standard InChI is InChI=1S/C25H36O5S.Na/c1-2-3-4-5-6-7-8-9-10-11-12-13-21-20-23(16-19-25(21)26)30-22-14-17-24(18-15-22)31(27,28)29;/h14-20,26H,2-13H2,1H3,(H,27,28,29);/q;+1/p-1. The molecule has 0 aliphatic rings. The van der Waals surface area contributed by atoms with Gasteiger partial charge >= 0.3 is 29.6 Å². The van der Waals surface area contributed by atoms with E-state index in [2.05, 4.69) is 6.92 Å². The molecule has 0 aliphatic heterocycles. The minimum absolute atomic E-state index is 0. The van der Waals surface area contributed by atoms with E-state index in [1.807, 2.05) is 0 Å². The molecule has 1 N–H and O–H groups in total. The predicted molar refractivity (Wildman–Crippen MR) is 122 cm³/mol. The van der Waals surface area contributed by atoms with E-state index in [1.54, 1.807) is 12.1 Å². The zero-order valence-corrected chi connectivity index (χ0v) is 22.3. The van der Waals surface area contributed by atoms with Gasteiger partial charge in [0.05, 0.1) is 4.90 Å². The van der Waals surface area contributed by atoms with Crippen LogP contribution in [0.3, 0.4) is 0 Å². The van der Waals surface area contributed by atoms with Gasteiger partial charge in [-0.2, -0.15) is 8.42 Å². The van der Waals surface area contributed by atoms with E-state index in [1.165, 1.54) is 88.1 Å². The SMILES string of the molecule is CCCCCCCCCCCCCc1cc(Oc2ccc(S(=O)(=O)O)cc2)ccc1[O-].[Na+]. The first kappa shape index (κ1) is 29.0. The zero-order valence-electron chi connectivity index (χ0n) is 19.5. The Kier molecular flexibility index (Phi) is 14.2. The van der Waals surface area contributed by atoms with Crippen LogP contribution in [-0.2, 0) is 16.5 Å². The smallest absolute Gasteiger partial charge is 0.872 e. The van der Waals surface area contributed by atoms with Gasteiger partial charge in [-0.15, -0.1) is 5.75 Å². The summed E-state index contributed by atoms with van der Waals surface area (Å²) in [5.41, 5.74) is 0.739. The van der Waals surface area contributed by atoms with Crippen LogP contribution >= 0.6 is 0 Å². The Hall–Kier alpha value is -1.05. The van der Waals surface area contributed by atoms with Gasteiger partial charge in [0, 0.05) is 0 Å². The first-order valence-electron chi connectivity index (χ1n) is 11.5. The van der Waals surface area contributed by atoms with Gasteiger partial charge in [0.2, 0.25) is 0 Å². The molecule has 172 valence electrons. The van der Waals surface area contributed by atoms with Crippen molar-refractivity contribution in [1.82, 2.24) is 0 Å². The largest absolute Gasteiger partial charge is 1.00 e. The molecule has 0 atom stereocenters. The van der Waals surface area contributed by atoms with Crippen molar-refractivity contribution in [2.75, 3.05) is 0 Å². The Balaban J connectivity index is 0.00000512. The van der Waals surface area contributed by atoms with Crippen LogP contribution in [0.4, 0.5) is 0 Å². The van der Waals surface area contributed by atoms with E-state index in [4.69, 9.17) is 9.29 Å². The Morgan fingerprint density at radius 2 is 1.28 bits per heavy atom. The van der Waals surface area contributed by atoms with Crippen molar-refractivity contribution in [3.8, 4) is 17.2 Å². The Morgan fingerprint density at radius 1 is 0.781 bits per heavy atom. The number of unbranched alkanes of at least 4 members (excludes halogenated alkanes) is 10. The minimum Gasteiger partial charge on any atom is -0.872 e. The van der Waals surface area contributed by atoms with Crippen LogP contribution < -0.4 is 39.4 Å². The Morgan fingerprint density at radius 3 is 1.81 bits per heavy atom. The van der Waals surface area contributed by atoms with Crippen molar-refractivity contribution in [2.24, 2.45) is 0 Å². The number of benzene rings is 2. The summed E-state index contributed by atoms with van der Waals surface area (Å²) in [4.78, 5) is -0.188. The third-order valence-electron chi connectivity index (χ3n) is 5.44. The van der Waals surface area contributed by atoms with E-state index >= 15 is 0 Å². The molecule has 0 heterocycles. The van der Waals surface area contributed by atoms with Crippen LogP contribution in [0, 0.1) is 0 Å². The normalized spacial score (nSPS) is 11.2. The topological polar surface area (TPSA) is 86.7 Å². The van der Waals surface area contributed by atoms with Crippen molar-refractivity contribution in [2.45, 2.75) is 88.9 Å². The van der Waals surface area contributed by atoms with Gasteiger partial charge in [0.25, 0.3) is 10.1 Å². The molecule has 0 amide bonds. The molecule has 0 fully saturated rings. The third-order valence-corrected chi connectivity index (χ3v) is 6.31. The van der Waals surface area contributed by atoms with Crippen molar-refractivity contribution in [3.63, 3.8) is 0 Å². The van der Waals surface area contributed by atoms with E-state index in [0.29, 0.717) is 11.5 Å². The molecular formula is C25H35NaO5S. The second kappa shape index (κ2) is 15.7. The maximum Gasteiger partial charge on any atom is 1.00 e. The third kappa shape index (κ3) is 11.2. The summed E-state index contributed by atoms with van der Waals surface area (Å²) >= 11 is 0. The number of rotatable bonds is 15. The maximum absolute atomic E-state index is 12.1. The van der Waals surface area contributed by atoms with Crippen molar-refractivity contribution in [3.05, 3.63) is 48.0 Å². The van der Waals surface area contributed by atoms with Gasteiger partial charge in [-0.1, -0.05) is 82.8 Å². The molecule has 0 aromatic heterocycles. The fourth-order valence-electron chi connectivity index (χ4n) is 3.61. The summed E-state index contributed by atoms with van der Waals surface area (Å²) in [7, 11) is -4.23. The molecule has 0 saturated carbocycles. The van der Waals surface area contributed by atoms with Gasteiger partial charge in [-0.25, -0.2) is 0 Å². The van der Waals surface area contributed by atoms with Gasteiger partial charge in [-0.05, 0) is 49.2 Å². The number of hydrogen-bond donors (Lipinski definition) is 1. The van der Waals surface area contributed by atoms with Gasteiger partial charge in [0.15, 0.2) is 0 Å². The molecule has 0 saturated heterocycles. The first-order valence-corrected chi connectivity index (χ1v) is 12.9. The summed E-state index contributed by atoms with van der Waals surface area (Å²) in [5.74, 6) is 0.991. The van der Waals surface area contributed by atoms with E-state index in [0.717, 1.165) is 24.8 Å². The minimum atomic E-state index is -4.23.